The molecule has 0 bridgehead atoms. The number of carboxylic acids is 1. The minimum absolute atomic E-state index is 0.130. The van der Waals surface area contributed by atoms with Crippen molar-refractivity contribution in [2.24, 2.45) is 5.73 Å². The van der Waals surface area contributed by atoms with Crippen molar-refractivity contribution in [3.63, 3.8) is 0 Å². The maximum Gasteiger partial charge on any atom is 0.321 e. The van der Waals surface area contributed by atoms with Gasteiger partial charge in [0.15, 0.2) is 0 Å². The first-order chi connectivity index (χ1) is 3.68. The van der Waals surface area contributed by atoms with E-state index in [1.807, 2.05) is 0 Å². The molecule has 0 fully saturated rings. The van der Waals surface area contributed by atoms with Crippen molar-refractivity contribution < 1.29 is 15.1 Å². The molecule has 8 heavy (non-hydrogen) atoms. The van der Waals surface area contributed by atoms with Gasteiger partial charge >= 0.3 is 5.97 Å². The largest absolute Gasteiger partial charge is 0.480 e. The van der Waals surface area contributed by atoms with Crippen LogP contribution in [0.4, 0.5) is 0 Å². The van der Waals surface area contributed by atoms with Gasteiger partial charge in [0.25, 0.3) is 0 Å². The molecule has 0 saturated carbocycles. The fourth-order valence-corrected chi connectivity index (χ4v) is 0.186. The lowest BCUT2D eigenvalue weighted by Crippen LogP contribution is -2.39. The number of hydroxylamine groups is 1. The number of hydrogen-bond acceptors (Lipinski definition) is 4. The van der Waals surface area contributed by atoms with E-state index in [1.54, 1.807) is 5.48 Å². The fourth-order valence-electron chi connectivity index (χ4n) is 0.186. The highest BCUT2D eigenvalue weighted by Crippen LogP contribution is 1.71. The van der Waals surface area contributed by atoms with E-state index >= 15 is 0 Å². The quantitative estimate of drug-likeness (QED) is 0.336. The van der Waals surface area contributed by atoms with Gasteiger partial charge in [-0.05, 0) is 0 Å². The van der Waals surface area contributed by atoms with Gasteiger partial charge in [0.2, 0.25) is 0 Å². The highest BCUT2D eigenvalue weighted by Gasteiger charge is 2.08. The van der Waals surface area contributed by atoms with Crippen molar-refractivity contribution in [1.29, 1.82) is 0 Å². The van der Waals surface area contributed by atoms with Gasteiger partial charge in [0.1, 0.15) is 6.04 Å². The number of rotatable bonds is 3. The van der Waals surface area contributed by atoms with Crippen LogP contribution in [0.15, 0.2) is 0 Å². The third kappa shape index (κ3) is 2.51. The van der Waals surface area contributed by atoms with Gasteiger partial charge in [0.05, 0.1) is 0 Å². The lowest BCUT2D eigenvalue weighted by Gasteiger charge is -2.01. The van der Waals surface area contributed by atoms with Crippen molar-refractivity contribution in [1.82, 2.24) is 5.48 Å². The molecule has 1 atom stereocenters. The summed E-state index contributed by atoms with van der Waals surface area (Å²) in [6, 6.07) is -1.03. The Morgan fingerprint density at radius 1 is 1.88 bits per heavy atom. The molecule has 48 valence electrons. The Kier molecular flexibility index (Phi) is 3.09. The third-order valence-corrected chi connectivity index (χ3v) is 0.628. The van der Waals surface area contributed by atoms with Crippen LogP contribution in [0.2, 0.25) is 0 Å². The summed E-state index contributed by atoms with van der Waals surface area (Å²) in [6.07, 6.45) is 0. The smallest absolute Gasteiger partial charge is 0.321 e. The molecular weight excluding hydrogens is 112 g/mol. The summed E-state index contributed by atoms with van der Waals surface area (Å²) in [5.41, 5.74) is 6.55. The Morgan fingerprint density at radius 2 is 2.38 bits per heavy atom. The molecule has 0 aliphatic heterocycles. The number of carboxylic acid groups (broad SMARTS) is 1. The molecule has 0 aromatic rings. The van der Waals surface area contributed by atoms with Crippen molar-refractivity contribution >= 4 is 5.97 Å². The minimum Gasteiger partial charge on any atom is -0.480 e. The molecule has 0 aromatic heterocycles. The molecule has 0 heterocycles. The van der Waals surface area contributed by atoms with E-state index in [4.69, 9.17) is 16.0 Å². The van der Waals surface area contributed by atoms with Gasteiger partial charge in [-0.15, -0.1) is 0 Å². The van der Waals surface area contributed by atoms with E-state index in [0.717, 1.165) is 0 Å². The molecule has 5 N–H and O–H groups in total. The highest BCUT2D eigenvalue weighted by atomic mass is 16.5. The number of carbonyl (C=O) groups is 1. The molecule has 0 amide bonds. The van der Waals surface area contributed by atoms with Gasteiger partial charge in [-0.3, -0.25) is 4.79 Å². The summed E-state index contributed by atoms with van der Waals surface area (Å²) in [5.74, 6) is -1.13. The second kappa shape index (κ2) is 3.36. The first-order valence-electron chi connectivity index (χ1n) is 2.04. The van der Waals surface area contributed by atoms with Crippen LogP contribution in [0.3, 0.4) is 0 Å². The van der Waals surface area contributed by atoms with E-state index in [2.05, 4.69) is 0 Å². The van der Waals surface area contributed by atoms with Crippen LogP contribution >= 0.6 is 0 Å². The maximum atomic E-state index is 9.81. The SMILES string of the molecule is N[C@@H](CNO)C(=O)O. The predicted octanol–water partition coefficient (Wildman–Crippen LogP) is -1.62. The van der Waals surface area contributed by atoms with Crippen LogP contribution < -0.4 is 11.2 Å². The second-order valence-corrected chi connectivity index (χ2v) is 1.31. The zero-order valence-corrected chi connectivity index (χ0v) is 4.16. The zero-order chi connectivity index (χ0) is 6.57. The number of hydrogen-bond donors (Lipinski definition) is 4. The molecule has 0 aliphatic rings. The summed E-state index contributed by atoms with van der Waals surface area (Å²) in [6.45, 7) is -0.130. The van der Waals surface area contributed by atoms with E-state index < -0.39 is 12.0 Å². The monoisotopic (exact) mass is 120 g/mol. The molecule has 0 rings (SSSR count). The Morgan fingerprint density at radius 3 is 2.50 bits per heavy atom. The van der Waals surface area contributed by atoms with Crippen LogP contribution in [-0.4, -0.2) is 28.9 Å². The van der Waals surface area contributed by atoms with Crippen LogP contribution in [0.25, 0.3) is 0 Å². The van der Waals surface area contributed by atoms with Crippen molar-refractivity contribution in [3.05, 3.63) is 0 Å². The van der Waals surface area contributed by atoms with E-state index in [-0.39, 0.29) is 6.54 Å². The molecule has 5 nitrogen and oxygen atoms in total. The number of aliphatic carboxylic acids is 1. The maximum absolute atomic E-state index is 9.81. The van der Waals surface area contributed by atoms with Crippen molar-refractivity contribution in [2.75, 3.05) is 6.54 Å². The summed E-state index contributed by atoms with van der Waals surface area (Å²) < 4.78 is 0. The molecule has 5 heteroatoms. The van der Waals surface area contributed by atoms with Crippen molar-refractivity contribution in [3.8, 4) is 0 Å². The lowest BCUT2D eigenvalue weighted by molar-refractivity contribution is -0.138. The number of nitrogens with two attached hydrogens (primary N) is 1. The van der Waals surface area contributed by atoms with Crippen LogP contribution in [0.1, 0.15) is 0 Å². The zero-order valence-electron chi connectivity index (χ0n) is 4.16. The van der Waals surface area contributed by atoms with Gasteiger partial charge in [-0.1, -0.05) is 0 Å². The van der Waals surface area contributed by atoms with Crippen LogP contribution in [-0.2, 0) is 4.79 Å². The highest BCUT2D eigenvalue weighted by molar-refractivity contribution is 5.73. The van der Waals surface area contributed by atoms with E-state index in [0.29, 0.717) is 0 Å². The predicted molar refractivity (Wildman–Crippen MR) is 25.4 cm³/mol. The van der Waals surface area contributed by atoms with E-state index in [1.165, 1.54) is 0 Å². The summed E-state index contributed by atoms with van der Waals surface area (Å²) >= 11 is 0. The van der Waals surface area contributed by atoms with Crippen LogP contribution in [0.5, 0.6) is 0 Å². The van der Waals surface area contributed by atoms with E-state index in [9.17, 15) is 4.79 Å². The third-order valence-electron chi connectivity index (χ3n) is 0.628. The van der Waals surface area contributed by atoms with Crippen LogP contribution in [0, 0.1) is 0 Å². The average molecular weight is 120 g/mol. The molecule has 0 saturated heterocycles. The second-order valence-electron chi connectivity index (χ2n) is 1.31. The molecule has 0 spiro atoms. The Hall–Kier alpha value is -0.650. The van der Waals surface area contributed by atoms with Gasteiger partial charge in [0, 0.05) is 6.54 Å². The summed E-state index contributed by atoms with van der Waals surface area (Å²) in [5, 5.41) is 15.9. The normalized spacial score (nSPS) is 13.2. The first-order valence-corrected chi connectivity index (χ1v) is 2.04. The van der Waals surface area contributed by atoms with Gasteiger partial charge < -0.3 is 16.0 Å². The van der Waals surface area contributed by atoms with Gasteiger partial charge in [-0.2, -0.15) is 0 Å². The average Bonchev–Trinajstić information content (AvgIpc) is 1.67. The minimum atomic E-state index is -1.13. The Balaban J connectivity index is 3.32. The van der Waals surface area contributed by atoms with Gasteiger partial charge in [-0.25, -0.2) is 5.48 Å². The number of nitrogens with one attached hydrogen (secondary N) is 1. The molecule has 0 radical (unpaired) electrons. The standard InChI is InChI=1S/C3H8N2O3/c4-2(1-5-8)3(6)7/h2,5,8H,1,4H2,(H,6,7)/t2-/m0/s1. The Bertz CT molecular complexity index is 84.6. The molecular formula is C3H8N2O3. The molecule has 0 unspecified atom stereocenters. The Labute approximate surface area is 46.1 Å². The fraction of sp³-hybridized carbons (Fsp3) is 0.667. The molecule has 0 aromatic carbocycles. The summed E-state index contributed by atoms with van der Waals surface area (Å²) in [7, 11) is 0. The topological polar surface area (TPSA) is 95.6 Å². The van der Waals surface area contributed by atoms with Crippen molar-refractivity contribution in [2.45, 2.75) is 6.04 Å². The first kappa shape index (κ1) is 7.35. The summed E-state index contributed by atoms with van der Waals surface area (Å²) in [4.78, 5) is 9.81. The molecule has 0 aliphatic carbocycles. The lowest BCUT2D eigenvalue weighted by atomic mass is 10.3.